The summed E-state index contributed by atoms with van der Waals surface area (Å²) in [6, 6.07) is 8.39. The highest BCUT2D eigenvalue weighted by Gasteiger charge is 2.10. The van der Waals surface area contributed by atoms with Crippen LogP contribution in [0.2, 0.25) is 0 Å². The minimum atomic E-state index is 0.212. The smallest absolute Gasteiger partial charge is 0.119 e. The topological polar surface area (TPSA) is 47.3 Å². The van der Waals surface area contributed by atoms with Crippen LogP contribution in [0.25, 0.3) is 0 Å². The van der Waals surface area contributed by atoms with Gasteiger partial charge in [0.25, 0.3) is 0 Å². The van der Waals surface area contributed by atoms with Crippen LogP contribution in [-0.2, 0) is 0 Å². The second kappa shape index (κ2) is 8.11. The van der Waals surface area contributed by atoms with Crippen molar-refractivity contribution in [2.45, 2.75) is 46.1 Å². The molecule has 0 aliphatic heterocycles. The molecule has 3 N–H and O–H groups in total. The van der Waals surface area contributed by atoms with Crippen LogP contribution in [0.4, 0.5) is 0 Å². The van der Waals surface area contributed by atoms with E-state index in [-0.39, 0.29) is 6.04 Å². The normalized spacial score (nSPS) is 12.7. The number of hydrogen-bond donors (Lipinski definition) is 2. The van der Waals surface area contributed by atoms with Crippen molar-refractivity contribution in [3.8, 4) is 5.75 Å². The number of hydrazine groups is 1. The van der Waals surface area contributed by atoms with Crippen molar-refractivity contribution in [2.75, 3.05) is 6.61 Å². The molecule has 1 atom stereocenters. The molecule has 0 aliphatic carbocycles. The van der Waals surface area contributed by atoms with Gasteiger partial charge in [-0.1, -0.05) is 38.8 Å². The van der Waals surface area contributed by atoms with E-state index in [0.717, 1.165) is 18.1 Å². The molecule has 3 heteroatoms. The predicted molar refractivity (Wildman–Crippen MR) is 76.4 cm³/mol. The standard InChI is InChI=1S/C15H26N2O/c1-4-18-14-9-6-8-13(11-14)15(17-16)10-5-7-12(2)3/h6,8-9,11-12,15,17H,4-5,7,10,16H2,1-3H3. The van der Waals surface area contributed by atoms with E-state index < -0.39 is 0 Å². The lowest BCUT2D eigenvalue weighted by molar-refractivity contribution is 0.339. The number of nitrogens with two attached hydrogens (primary N) is 1. The minimum absolute atomic E-state index is 0.212. The van der Waals surface area contributed by atoms with Gasteiger partial charge >= 0.3 is 0 Å². The lowest BCUT2D eigenvalue weighted by Gasteiger charge is -2.17. The average Bonchev–Trinajstić information content (AvgIpc) is 2.35. The molecule has 1 aromatic rings. The Bertz CT molecular complexity index is 339. The van der Waals surface area contributed by atoms with Crippen LogP contribution in [-0.4, -0.2) is 6.61 Å². The van der Waals surface area contributed by atoms with Crippen LogP contribution in [0.3, 0.4) is 0 Å². The van der Waals surface area contributed by atoms with Crippen molar-refractivity contribution >= 4 is 0 Å². The number of hydrogen-bond acceptors (Lipinski definition) is 3. The first-order chi connectivity index (χ1) is 8.67. The van der Waals surface area contributed by atoms with E-state index in [9.17, 15) is 0 Å². The molecule has 0 fully saturated rings. The van der Waals surface area contributed by atoms with Crippen LogP contribution < -0.4 is 16.0 Å². The number of ether oxygens (including phenoxy) is 1. The fraction of sp³-hybridized carbons (Fsp3) is 0.600. The molecule has 0 saturated heterocycles. The van der Waals surface area contributed by atoms with Crippen molar-refractivity contribution in [1.29, 1.82) is 0 Å². The first kappa shape index (κ1) is 15.0. The largest absolute Gasteiger partial charge is 0.494 e. The molecular weight excluding hydrogens is 224 g/mol. The molecule has 0 aliphatic rings. The van der Waals surface area contributed by atoms with Crippen LogP contribution in [0.15, 0.2) is 24.3 Å². The fourth-order valence-corrected chi connectivity index (χ4v) is 2.06. The van der Waals surface area contributed by atoms with Crippen molar-refractivity contribution in [3.05, 3.63) is 29.8 Å². The Morgan fingerprint density at radius 3 is 2.67 bits per heavy atom. The Labute approximate surface area is 111 Å². The summed E-state index contributed by atoms with van der Waals surface area (Å²) in [7, 11) is 0. The summed E-state index contributed by atoms with van der Waals surface area (Å²) in [6.07, 6.45) is 3.49. The molecule has 1 aromatic carbocycles. The zero-order valence-electron chi connectivity index (χ0n) is 11.8. The highest BCUT2D eigenvalue weighted by molar-refractivity contribution is 5.30. The lowest BCUT2D eigenvalue weighted by Crippen LogP contribution is -2.28. The van der Waals surface area contributed by atoms with Crippen LogP contribution in [0.5, 0.6) is 5.75 Å². The number of nitrogens with one attached hydrogen (secondary N) is 1. The van der Waals surface area contributed by atoms with Crippen LogP contribution >= 0.6 is 0 Å². The highest BCUT2D eigenvalue weighted by Crippen LogP contribution is 2.23. The molecule has 0 amide bonds. The van der Waals surface area contributed by atoms with Crippen LogP contribution in [0, 0.1) is 5.92 Å². The third-order valence-corrected chi connectivity index (χ3v) is 3.05. The second-order valence-corrected chi connectivity index (χ2v) is 5.05. The van der Waals surface area contributed by atoms with Crippen LogP contribution in [0.1, 0.15) is 51.6 Å². The first-order valence-corrected chi connectivity index (χ1v) is 6.86. The number of benzene rings is 1. The summed E-state index contributed by atoms with van der Waals surface area (Å²) >= 11 is 0. The Morgan fingerprint density at radius 1 is 1.28 bits per heavy atom. The Kier molecular flexibility index (Phi) is 6.76. The molecule has 1 unspecified atom stereocenters. The molecule has 0 heterocycles. The maximum atomic E-state index is 5.65. The van der Waals surface area contributed by atoms with Gasteiger partial charge in [0.1, 0.15) is 5.75 Å². The van der Waals surface area contributed by atoms with Gasteiger partial charge < -0.3 is 4.74 Å². The van der Waals surface area contributed by atoms with Crippen molar-refractivity contribution < 1.29 is 4.74 Å². The van der Waals surface area contributed by atoms with Crippen molar-refractivity contribution in [2.24, 2.45) is 11.8 Å². The van der Waals surface area contributed by atoms with E-state index in [1.165, 1.54) is 18.4 Å². The van der Waals surface area contributed by atoms with Gasteiger partial charge in [0, 0.05) is 6.04 Å². The molecule has 0 radical (unpaired) electrons. The van der Waals surface area contributed by atoms with Gasteiger partial charge in [-0.3, -0.25) is 11.3 Å². The van der Waals surface area contributed by atoms with Gasteiger partial charge in [-0.2, -0.15) is 0 Å². The molecular formula is C15H26N2O. The molecule has 0 aromatic heterocycles. The van der Waals surface area contributed by atoms with Gasteiger partial charge in [-0.15, -0.1) is 0 Å². The quantitative estimate of drug-likeness (QED) is 0.549. The predicted octanol–water partition coefficient (Wildman–Crippen LogP) is 3.42. The minimum Gasteiger partial charge on any atom is -0.494 e. The van der Waals surface area contributed by atoms with E-state index in [0.29, 0.717) is 6.61 Å². The average molecular weight is 250 g/mol. The Morgan fingerprint density at radius 2 is 2.06 bits per heavy atom. The SMILES string of the molecule is CCOc1cccc(C(CCCC(C)C)NN)c1. The molecule has 0 spiro atoms. The third-order valence-electron chi connectivity index (χ3n) is 3.05. The summed E-state index contributed by atoms with van der Waals surface area (Å²) in [5.41, 5.74) is 4.11. The molecule has 102 valence electrons. The van der Waals surface area contributed by atoms with E-state index >= 15 is 0 Å². The summed E-state index contributed by atoms with van der Waals surface area (Å²) in [5, 5.41) is 0. The monoisotopic (exact) mass is 250 g/mol. The first-order valence-electron chi connectivity index (χ1n) is 6.86. The van der Waals surface area contributed by atoms with Gasteiger partial charge in [0.15, 0.2) is 0 Å². The van der Waals surface area contributed by atoms with Gasteiger partial charge in [0.2, 0.25) is 0 Å². The molecule has 18 heavy (non-hydrogen) atoms. The highest BCUT2D eigenvalue weighted by atomic mass is 16.5. The molecule has 3 nitrogen and oxygen atoms in total. The molecule has 0 bridgehead atoms. The van der Waals surface area contributed by atoms with Gasteiger partial charge in [0.05, 0.1) is 6.61 Å². The molecule has 1 rings (SSSR count). The third kappa shape index (κ3) is 5.07. The fourth-order valence-electron chi connectivity index (χ4n) is 2.06. The van der Waals surface area contributed by atoms with E-state index in [2.05, 4.69) is 31.4 Å². The molecule has 0 saturated carbocycles. The zero-order chi connectivity index (χ0) is 13.4. The lowest BCUT2D eigenvalue weighted by atomic mass is 9.98. The van der Waals surface area contributed by atoms with Crippen molar-refractivity contribution in [1.82, 2.24) is 5.43 Å². The summed E-state index contributed by atoms with van der Waals surface area (Å²) in [6.45, 7) is 7.19. The summed E-state index contributed by atoms with van der Waals surface area (Å²) < 4.78 is 5.52. The Hall–Kier alpha value is -1.06. The summed E-state index contributed by atoms with van der Waals surface area (Å²) in [4.78, 5) is 0. The maximum Gasteiger partial charge on any atom is 0.119 e. The summed E-state index contributed by atoms with van der Waals surface area (Å²) in [5.74, 6) is 7.32. The van der Waals surface area contributed by atoms with E-state index in [1.807, 2.05) is 19.1 Å². The van der Waals surface area contributed by atoms with Crippen molar-refractivity contribution in [3.63, 3.8) is 0 Å². The Balaban J connectivity index is 2.60. The maximum absolute atomic E-state index is 5.65. The second-order valence-electron chi connectivity index (χ2n) is 5.05. The van der Waals surface area contributed by atoms with E-state index in [1.54, 1.807) is 0 Å². The van der Waals surface area contributed by atoms with E-state index in [4.69, 9.17) is 10.6 Å². The van der Waals surface area contributed by atoms with Gasteiger partial charge in [-0.05, 0) is 37.0 Å². The van der Waals surface area contributed by atoms with Gasteiger partial charge in [-0.25, -0.2) is 0 Å². The number of rotatable bonds is 8. The zero-order valence-corrected chi connectivity index (χ0v) is 11.8.